The second kappa shape index (κ2) is 5.53. The van der Waals surface area contributed by atoms with Crippen LogP contribution in [0.1, 0.15) is 12.5 Å². The number of hydrogen-bond donors (Lipinski definition) is 1. The average Bonchev–Trinajstić information content (AvgIpc) is 2.80. The van der Waals surface area contributed by atoms with Gasteiger partial charge in [-0.1, -0.05) is 25.1 Å². The molecule has 2 rings (SSSR count). The van der Waals surface area contributed by atoms with Gasteiger partial charge < -0.3 is 10.0 Å². The summed E-state index contributed by atoms with van der Waals surface area (Å²) in [6, 6.07) is 7.51. The van der Waals surface area contributed by atoms with Crippen LogP contribution in [0.15, 0.2) is 24.3 Å². The smallest absolute Gasteiger partial charge is 0.324 e. The Morgan fingerprint density at radius 3 is 2.50 bits per heavy atom. The summed E-state index contributed by atoms with van der Waals surface area (Å²) in [6.07, 6.45) is 0. The van der Waals surface area contributed by atoms with Crippen LogP contribution in [0.5, 0.6) is 0 Å². The van der Waals surface area contributed by atoms with E-state index in [2.05, 4.69) is 0 Å². The van der Waals surface area contributed by atoms with Crippen LogP contribution in [0.2, 0.25) is 0 Å². The minimum absolute atomic E-state index is 0.0123. The van der Waals surface area contributed by atoms with Crippen LogP contribution in [0, 0.1) is 18.8 Å². The molecule has 5 heteroatoms. The van der Waals surface area contributed by atoms with E-state index in [0.717, 1.165) is 11.3 Å². The molecule has 2 atom stereocenters. The maximum Gasteiger partial charge on any atom is 0.324 e. The van der Waals surface area contributed by atoms with Gasteiger partial charge in [-0.3, -0.25) is 9.69 Å². The lowest BCUT2D eigenvalue weighted by molar-refractivity contribution is -0.142. The molecule has 5 nitrogen and oxygen atoms in total. The van der Waals surface area contributed by atoms with Crippen molar-refractivity contribution in [1.82, 2.24) is 4.90 Å². The quantitative estimate of drug-likeness (QED) is 0.900. The van der Waals surface area contributed by atoms with E-state index in [-0.39, 0.29) is 18.5 Å². The number of benzene rings is 1. The molecule has 1 aliphatic heterocycles. The summed E-state index contributed by atoms with van der Waals surface area (Å²) in [7, 11) is 1.73. The van der Waals surface area contributed by atoms with E-state index in [1.165, 1.54) is 0 Å². The van der Waals surface area contributed by atoms with Crippen molar-refractivity contribution in [3.8, 4) is 0 Å². The number of carboxylic acids is 1. The van der Waals surface area contributed by atoms with Gasteiger partial charge in [0, 0.05) is 25.8 Å². The van der Waals surface area contributed by atoms with E-state index in [1.54, 1.807) is 16.8 Å². The molecule has 2 amide bonds. The average molecular weight is 276 g/mol. The van der Waals surface area contributed by atoms with Gasteiger partial charge in [0.25, 0.3) is 0 Å². The predicted octanol–water partition coefficient (Wildman–Crippen LogP) is 2.20. The number of carbonyl (C=O) groups excluding carboxylic acids is 1. The number of para-hydroxylation sites is 1. The van der Waals surface area contributed by atoms with E-state index in [0.29, 0.717) is 6.54 Å². The molecule has 1 aromatic rings. The highest BCUT2D eigenvalue weighted by Crippen LogP contribution is 2.26. The third kappa shape index (κ3) is 2.61. The fraction of sp³-hybridized carbons (Fsp3) is 0.467. The van der Waals surface area contributed by atoms with Gasteiger partial charge in [0.05, 0.1) is 5.92 Å². The summed E-state index contributed by atoms with van der Waals surface area (Å²) >= 11 is 0. The summed E-state index contributed by atoms with van der Waals surface area (Å²) in [5, 5.41) is 9.13. The molecular weight excluding hydrogens is 256 g/mol. The number of aryl methyl sites for hydroxylation is 1. The third-order valence-corrected chi connectivity index (χ3v) is 3.96. The number of anilines is 1. The van der Waals surface area contributed by atoms with Gasteiger partial charge in [0.2, 0.25) is 0 Å². The number of amides is 2. The highest BCUT2D eigenvalue weighted by molar-refractivity contribution is 5.92. The second-order valence-corrected chi connectivity index (χ2v) is 5.46. The van der Waals surface area contributed by atoms with Gasteiger partial charge in [0.1, 0.15) is 0 Å². The van der Waals surface area contributed by atoms with Gasteiger partial charge in [-0.15, -0.1) is 0 Å². The van der Waals surface area contributed by atoms with E-state index in [1.807, 2.05) is 38.1 Å². The molecule has 0 aliphatic carbocycles. The summed E-state index contributed by atoms with van der Waals surface area (Å²) < 4.78 is 0. The first-order valence-electron chi connectivity index (χ1n) is 6.73. The number of carbonyl (C=O) groups is 2. The summed E-state index contributed by atoms with van der Waals surface area (Å²) in [5.74, 6) is -1.31. The molecule has 0 aromatic heterocycles. The Morgan fingerprint density at radius 2 is 1.95 bits per heavy atom. The maximum absolute atomic E-state index is 12.5. The van der Waals surface area contributed by atoms with E-state index in [4.69, 9.17) is 5.11 Å². The summed E-state index contributed by atoms with van der Waals surface area (Å²) in [5.41, 5.74) is 1.87. The molecule has 1 fully saturated rings. The molecule has 0 saturated carbocycles. The Morgan fingerprint density at radius 1 is 1.30 bits per heavy atom. The van der Waals surface area contributed by atoms with E-state index >= 15 is 0 Å². The molecule has 0 spiro atoms. The topological polar surface area (TPSA) is 60.9 Å². The molecule has 108 valence electrons. The summed E-state index contributed by atoms with van der Waals surface area (Å²) in [4.78, 5) is 26.8. The van der Waals surface area contributed by atoms with Crippen LogP contribution >= 0.6 is 0 Å². The standard InChI is InChI=1S/C15H20N2O3/c1-10-6-4-5-7-13(10)16(3)15(20)17-8-11(2)12(9-17)14(18)19/h4-7,11-12H,8-9H2,1-3H3,(H,18,19). The Kier molecular flexibility index (Phi) is 3.97. The molecule has 1 N–H and O–H groups in total. The van der Waals surface area contributed by atoms with Crippen LogP contribution < -0.4 is 4.90 Å². The minimum Gasteiger partial charge on any atom is -0.481 e. The molecule has 1 saturated heterocycles. The van der Waals surface area contributed by atoms with Gasteiger partial charge in [-0.25, -0.2) is 4.79 Å². The highest BCUT2D eigenvalue weighted by Gasteiger charge is 2.38. The molecule has 0 radical (unpaired) electrons. The number of hydrogen-bond acceptors (Lipinski definition) is 2. The molecule has 1 aromatic carbocycles. The molecule has 20 heavy (non-hydrogen) atoms. The fourth-order valence-corrected chi connectivity index (χ4v) is 2.70. The third-order valence-electron chi connectivity index (χ3n) is 3.96. The Bertz CT molecular complexity index is 530. The van der Waals surface area contributed by atoms with Crippen LogP contribution in [0.25, 0.3) is 0 Å². The number of aliphatic carboxylic acids is 1. The zero-order chi connectivity index (χ0) is 14.9. The van der Waals surface area contributed by atoms with Crippen molar-refractivity contribution < 1.29 is 14.7 Å². The number of likely N-dealkylation sites (tertiary alicyclic amines) is 1. The van der Waals surface area contributed by atoms with Gasteiger partial charge in [-0.05, 0) is 24.5 Å². The lowest BCUT2D eigenvalue weighted by atomic mass is 9.99. The van der Waals surface area contributed by atoms with Gasteiger partial charge in [-0.2, -0.15) is 0 Å². The van der Waals surface area contributed by atoms with E-state index < -0.39 is 11.9 Å². The number of urea groups is 1. The lowest BCUT2D eigenvalue weighted by Gasteiger charge is -2.25. The normalized spacial score (nSPS) is 21.9. The molecule has 2 unspecified atom stereocenters. The van der Waals surface area contributed by atoms with Crippen molar-refractivity contribution in [2.75, 3.05) is 25.0 Å². The van der Waals surface area contributed by atoms with Crippen LogP contribution in [0.3, 0.4) is 0 Å². The Labute approximate surface area is 118 Å². The monoisotopic (exact) mass is 276 g/mol. The van der Waals surface area contributed by atoms with Crippen LogP contribution in [-0.4, -0.2) is 42.1 Å². The van der Waals surface area contributed by atoms with Crippen LogP contribution in [-0.2, 0) is 4.79 Å². The maximum atomic E-state index is 12.5. The van der Waals surface area contributed by atoms with Gasteiger partial charge in [0.15, 0.2) is 0 Å². The van der Waals surface area contributed by atoms with Crippen molar-refractivity contribution in [3.63, 3.8) is 0 Å². The molecule has 1 heterocycles. The van der Waals surface area contributed by atoms with Crippen LogP contribution in [0.4, 0.5) is 10.5 Å². The number of nitrogens with zero attached hydrogens (tertiary/aromatic N) is 2. The fourth-order valence-electron chi connectivity index (χ4n) is 2.70. The largest absolute Gasteiger partial charge is 0.481 e. The Hall–Kier alpha value is -2.04. The first-order chi connectivity index (χ1) is 9.41. The van der Waals surface area contributed by atoms with Gasteiger partial charge >= 0.3 is 12.0 Å². The van der Waals surface area contributed by atoms with Crippen molar-refractivity contribution in [2.24, 2.45) is 11.8 Å². The Balaban J connectivity index is 2.13. The van der Waals surface area contributed by atoms with Crippen molar-refractivity contribution in [1.29, 1.82) is 0 Å². The first-order valence-corrected chi connectivity index (χ1v) is 6.73. The predicted molar refractivity (Wildman–Crippen MR) is 76.8 cm³/mol. The SMILES string of the molecule is Cc1ccccc1N(C)C(=O)N1CC(C)C(C(=O)O)C1. The zero-order valence-electron chi connectivity index (χ0n) is 12.0. The number of rotatable bonds is 2. The second-order valence-electron chi connectivity index (χ2n) is 5.46. The van der Waals surface area contributed by atoms with E-state index in [9.17, 15) is 9.59 Å². The molecule has 0 bridgehead atoms. The highest BCUT2D eigenvalue weighted by atomic mass is 16.4. The summed E-state index contributed by atoms with van der Waals surface area (Å²) in [6.45, 7) is 4.60. The molecular formula is C15H20N2O3. The van der Waals surface area contributed by atoms with Crippen molar-refractivity contribution >= 4 is 17.7 Å². The minimum atomic E-state index is -0.827. The van der Waals surface area contributed by atoms with Crippen molar-refractivity contribution in [2.45, 2.75) is 13.8 Å². The van der Waals surface area contributed by atoms with Crippen molar-refractivity contribution in [3.05, 3.63) is 29.8 Å². The molecule has 1 aliphatic rings. The lowest BCUT2D eigenvalue weighted by Crippen LogP contribution is -2.40. The zero-order valence-corrected chi connectivity index (χ0v) is 12.0. The number of carboxylic acid groups (broad SMARTS) is 1. The first kappa shape index (κ1) is 14.4.